The zero-order valence-electron chi connectivity index (χ0n) is 13.5. The first-order valence-electron chi connectivity index (χ1n) is 7.60. The number of hydrogen-bond donors (Lipinski definition) is 4. The van der Waals surface area contributed by atoms with E-state index in [0.29, 0.717) is 5.56 Å². The maximum atomic E-state index is 11.9. The molecule has 1 fully saturated rings. The summed E-state index contributed by atoms with van der Waals surface area (Å²) in [6.07, 6.45) is -2.44. The lowest BCUT2D eigenvalue weighted by atomic mass is 9.79. The molecule has 1 saturated carbocycles. The number of rotatable bonds is 4. The quantitative estimate of drug-likeness (QED) is 0.430. The molecule has 0 aliphatic heterocycles. The van der Waals surface area contributed by atoms with E-state index < -0.39 is 48.7 Å². The number of carbonyl (C=O) groups is 2. The van der Waals surface area contributed by atoms with Gasteiger partial charge in [0.05, 0.1) is 19.3 Å². The summed E-state index contributed by atoms with van der Waals surface area (Å²) in [7, 11) is 1.08. The van der Waals surface area contributed by atoms with Gasteiger partial charge in [0.25, 0.3) is 0 Å². The first-order chi connectivity index (χ1) is 11.7. The summed E-state index contributed by atoms with van der Waals surface area (Å²) < 4.78 is 9.48. The maximum Gasteiger partial charge on any atom is 0.338 e. The molecule has 1 aromatic rings. The van der Waals surface area contributed by atoms with E-state index in [1.807, 2.05) is 0 Å². The predicted molar refractivity (Wildman–Crippen MR) is 85.2 cm³/mol. The van der Waals surface area contributed by atoms with Gasteiger partial charge in [0.15, 0.2) is 11.7 Å². The molecule has 0 unspecified atom stereocenters. The van der Waals surface area contributed by atoms with Crippen molar-refractivity contribution in [2.75, 3.05) is 7.11 Å². The molecule has 0 heterocycles. The molecule has 0 spiro atoms. The highest BCUT2D eigenvalue weighted by Gasteiger charge is 2.50. The smallest absolute Gasteiger partial charge is 0.338 e. The molecule has 25 heavy (non-hydrogen) atoms. The number of ether oxygens (including phenoxy) is 2. The van der Waals surface area contributed by atoms with Gasteiger partial charge >= 0.3 is 11.9 Å². The van der Waals surface area contributed by atoms with Crippen LogP contribution in [0.4, 0.5) is 0 Å². The van der Waals surface area contributed by atoms with Crippen LogP contribution in [0.1, 0.15) is 18.4 Å². The van der Waals surface area contributed by atoms with Crippen molar-refractivity contribution in [1.29, 1.82) is 0 Å². The van der Waals surface area contributed by atoms with E-state index in [2.05, 4.69) is 4.74 Å². The number of methoxy groups -OCH3 is 1. The molecule has 1 aromatic carbocycles. The highest BCUT2D eigenvalue weighted by atomic mass is 16.6. The highest BCUT2D eigenvalue weighted by molar-refractivity contribution is 5.87. The van der Waals surface area contributed by atoms with Crippen molar-refractivity contribution in [2.24, 2.45) is 0 Å². The predicted octanol–water partition coefficient (Wildman–Crippen LogP) is -0.263. The van der Waals surface area contributed by atoms with Crippen molar-refractivity contribution < 1.29 is 39.5 Å². The zero-order chi connectivity index (χ0) is 18.6. The molecule has 0 aromatic heterocycles. The van der Waals surface area contributed by atoms with Crippen molar-refractivity contribution >= 4 is 18.0 Å². The van der Waals surface area contributed by atoms with E-state index in [4.69, 9.17) is 4.74 Å². The number of phenols is 1. The van der Waals surface area contributed by atoms with Crippen LogP contribution in [0.15, 0.2) is 30.3 Å². The summed E-state index contributed by atoms with van der Waals surface area (Å²) in [4.78, 5) is 23.4. The summed E-state index contributed by atoms with van der Waals surface area (Å²) in [5.41, 5.74) is -1.39. The molecule has 136 valence electrons. The van der Waals surface area contributed by atoms with Crippen molar-refractivity contribution in [3.63, 3.8) is 0 Å². The van der Waals surface area contributed by atoms with Crippen molar-refractivity contribution in [1.82, 2.24) is 0 Å². The molecule has 8 nitrogen and oxygen atoms in total. The van der Waals surface area contributed by atoms with Crippen LogP contribution >= 0.6 is 0 Å². The van der Waals surface area contributed by atoms with E-state index >= 15 is 0 Å². The van der Waals surface area contributed by atoms with Crippen LogP contribution in [0.3, 0.4) is 0 Å². The first kappa shape index (κ1) is 18.9. The first-order valence-corrected chi connectivity index (χ1v) is 7.60. The van der Waals surface area contributed by atoms with Gasteiger partial charge in [0.2, 0.25) is 0 Å². The number of aromatic hydroxyl groups is 1. The lowest BCUT2D eigenvalue weighted by molar-refractivity contribution is -0.198. The SMILES string of the molecule is COC(=O)C1(O)C[C@@H](O)C(OC(=O)/C=C/c2ccc(O)cc2)[C@H](O)C1. The fourth-order valence-corrected chi connectivity index (χ4v) is 2.70. The molecule has 2 atom stereocenters. The van der Waals surface area contributed by atoms with Crippen molar-refractivity contribution in [3.05, 3.63) is 35.9 Å². The van der Waals surface area contributed by atoms with Crippen LogP contribution in [-0.4, -0.2) is 63.4 Å². The van der Waals surface area contributed by atoms with Gasteiger partial charge < -0.3 is 29.9 Å². The van der Waals surface area contributed by atoms with Crippen LogP contribution in [-0.2, 0) is 19.1 Å². The standard InChI is InChI=1S/C17H20O8/c1-24-16(22)17(23)8-12(19)15(13(20)9-17)25-14(21)7-4-10-2-5-11(18)6-3-10/h2-7,12-13,15,18-20,23H,8-9H2,1H3/b7-4+/t12-,13-,15?,17?/m1/s1. The molecule has 8 heteroatoms. The van der Waals surface area contributed by atoms with E-state index in [9.17, 15) is 30.0 Å². The summed E-state index contributed by atoms with van der Waals surface area (Å²) in [6, 6.07) is 6.07. The Morgan fingerprint density at radius 1 is 1.16 bits per heavy atom. The fraction of sp³-hybridized carbons (Fsp3) is 0.412. The van der Waals surface area contributed by atoms with Crippen LogP contribution in [0.5, 0.6) is 5.75 Å². The Morgan fingerprint density at radius 3 is 2.24 bits per heavy atom. The number of benzene rings is 1. The van der Waals surface area contributed by atoms with Gasteiger partial charge in [0.1, 0.15) is 5.75 Å². The second kappa shape index (κ2) is 7.64. The fourth-order valence-electron chi connectivity index (χ4n) is 2.70. The summed E-state index contributed by atoms with van der Waals surface area (Å²) >= 11 is 0. The Balaban J connectivity index is 1.99. The molecular formula is C17H20O8. The van der Waals surface area contributed by atoms with Crippen LogP contribution < -0.4 is 0 Å². The average Bonchev–Trinajstić information content (AvgIpc) is 2.57. The highest BCUT2D eigenvalue weighted by Crippen LogP contribution is 2.32. The molecule has 0 radical (unpaired) electrons. The Morgan fingerprint density at radius 2 is 1.72 bits per heavy atom. The van der Waals surface area contributed by atoms with Gasteiger partial charge in [-0.25, -0.2) is 9.59 Å². The Labute approximate surface area is 143 Å². The molecule has 1 aliphatic rings. The van der Waals surface area contributed by atoms with Gasteiger partial charge in [-0.15, -0.1) is 0 Å². The Bertz CT molecular complexity index is 639. The summed E-state index contributed by atoms with van der Waals surface area (Å²) in [5.74, 6) is -1.69. The van der Waals surface area contributed by atoms with Crippen LogP contribution in [0.25, 0.3) is 6.08 Å². The van der Waals surface area contributed by atoms with Gasteiger partial charge in [-0.1, -0.05) is 12.1 Å². The minimum absolute atomic E-state index is 0.0891. The monoisotopic (exact) mass is 352 g/mol. The number of aliphatic hydroxyl groups excluding tert-OH is 2. The minimum atomic E-state index is -2.03. The molecule has 4 N–H and O–H groups in total. The van der Waals surface area contributed by atoms with Crippen molar-refractivity contribution in [2.45, 2.75) is 36.8 Å². The normalized spacial score (nSPS) is 29.4. The molecule has 2 rings (SSSR count). The van der Waals surface area contributed by atoms with Gasteiger partial charge in [-0.3, -0.25) is 0 Å². The van der Waals surface area contributed by atoms with Gasteiger partial charge in [-0.2, -0.15) is 0 Å². The minimum Gasteiger partial charge on any atom is -0.508 e. The number of carbonyl (C=O) groups excluding carboxylic acids is 2. The molecule has 0 amide bonds. The molecule has 0 bridgehead atoms. The number of esters is 2. The second-order valence-corrected chi connectivity index (χ2v) is 5.89. The van der Waals surface area contributed by atoms with E-state index in [1.54, 1.807) is 12.1 Å². The molecule has 1 aliphatic carbocycles. The Kier molecular flexibility index (Phi) is 5.78. The van der Waals surface area contributed by atoms with Gasteiger partial charge in [0, 0.05) is 18.9 Å². The second-order valence-electron chi connectivity index (χ2n) is 5.89. The Hall–Kier alpha value is -2.42. The van der Waals surface area contributed by atoms with Gasteiger partial charge in [-0.05, 0) is 23.8 Å². The van der Waals surface area contributed by atoms with E-state index in [0.717, 1.165) is 13.2 Å². The number of aliphatic hydroxyl groups is 3. The lowest BCUT2D eigenvalue weighted by Crippen LogP contribution is -2.57. The maximum absolute atomic E-state index is 11.9. The average molecular weight is 352 g/mol. The largest absolute Gasteiger partial charge is 0.508 e. The number of phenolic OH excluding ortho intramolecular Hbond substituents is 1. The molecular weight excluding hydrogens is 332 g/mol. The summed E-state index contributed by atoms with van der Waals surface area (Å²) in [6.45, 7) is 0. The third-order valence-electron chi connectivity index (χ3n) is 3.97. The topological polar surface area (TPSA) is 134 Å². The van der Waals surface area contributed by atoms with E-state index in [1.165, 1.54) is 18.2 Å². The van der Waals surface area contributed by atoms with Crippen LogP contribution in [0.2, 0.25) is 0 Å². The van der Waals surface area contributed by atoms with Crippen LogP contribution in [0, 0.1) is 0 Å². The zero-order valence-corrected chi connectivity index (χ0v) is 13.5. The molecule has 0 saturated heterocycles. The number of hydrogen-bond acceptors (Lipinski definition) is 8. The third-order valence-corrected chi connectivity index (χ3v) is 3.97. The summed E-state index contributed by atoms with van der Waals surface area (Å²) in [5, 5.41) is 39.4. The lowest BCUT2D eigenvalue weighted by Gasteiger charge is -2.39. The third kappa shape index (κ3) is 4.56. The van der Waals surface area contributed by atoms with E-state index in [-0.39, 0.29) is 5.75 Å². The van der Waals surface area contributed by atoms with Crippen molar-refractivity contribution in [3.8, 4) is 5.75 Å².